The molecular formula is C14H26O2. The summed E-state index contributed by atoms with van der Waals surface area (Å²) in [4.78, 5) is 0. The minimum Gasteiger partial charge on any atom is -0.392 e. The molecule has 2 fully saturated rings. The third-order valence-electron chi connectivity index (χ3n) is 4.83. The van der Waals surface area contributed by atoms with E-state index in [0.29, 0.717) is 11.8 Å². The maximum atomic E-state index is 10.4. The monoisotopic (exact) mass is 226 g/mol. The van der Waals surface area contributed by atoms with E-state index in [9.17, 15) is 5.11 Å². The molecule has 2 nitrogen and oxygen atoms in total. The molecule has 2 rings (SSSR count). The van der Waals surface area contributed by atoms with Crippen LogP contribution in [0.4, 0.5) is 0 Å². The average molecular weight is 226 g/mol. The predicted octanol–water partition coefficient (Wildman–Crippen LogP) is 2.99. The van der Waals surface area contributed by atoms with E-state index in [1.165, 1.54) is 32.1 Å². The number of ether oxygens (including phenoxy) is 1. The molecule has 1 aliphatic carbocycles. The first-order valence-electron chi connectivity index (χ1n) is 7.02. The van der Waals surface area contributed by atoms with Crippen LogP contribution in [0.15, 0.2) is 0 Å². The van der Waals surface area contributed by atoms with Crippen LogP contribution in [0.1, 0.15) is 52.4 Å². The second kappa shape index (κ2) is 5.50. The van der Waals surface area contributed by atoms with Crippen LogP contribution in [-0.4, -0.2) is 23.9 Å². The van der Waals surface area contributed by atoms with E-state index >= 15 is 0 Å². The second-order valence-electron chi connectivity index (χ2n) is 5.71. The maximum Gasteiger partial charge on any atom is 0.0622 e. The van der Waals surface area contributed by atoms with E-state index < -0.39 is 0 Å². The summed E-state index contributed by atoms with van der Waals surface area (Å²) in [6, 6.07) is 0. The summed E-state index contributed by atoms with van der Waals surface area (Å²) >= 11 is 0. The fraction of sp³-hybridized carbons (Fsp3) is 1.00. The van der Waals surface area contributed by atoms with E-state index in [2.05, 4.69) is 13.8 Å². The summed E-state index contributed by atoms with van der Waals surface area (Å²) in [5, 5.41) is 10.4. The van der Waals surface area contributed by atoms with Crippen molar-refractivity contribution in [2.45, 2.75) is 64.6 Å². The van der Waals surface area contributed by atoms with Crippen molar-refractivity contribution < 1.29 is 9.84 Å². The normalized spacial score (nSPS) is 42.2. The molecule has 0 radical (unpaired) electrons. The minimum absolute atomic E-state index is 0.115. The summed E-state index contributed by atoms with van der Waals surface area (Å²) in [5.41, 5.74) is 0. The number of hydrogen-bond acceptors (Lipinski definition) is 2. The molecule has 2 aliphatic rings. The van der Waals surface area contributed by atoms with Crippen LogP contribution in [0.3, 0.4) is 0 Å². The van der Waals surface area contributed by atoms with Gasteiger partial charge in [0, 0.05) is 12.5 Å². The van der Waals surface area contributed by atoms with Crippen LogP contribution < -0.4 is 0 Å². The molecule has 0 bridgehead atoms. The molecule has 3 unspecified atom stereocenters. The van der Waals surface area contributed by atoms with Crippen molar-refractivity contribution in [3.05, 3.63) is 0 Å². The molecule has 3 atom stereocenters. The Balaban J connectivity index is 1.83. The van der Waals surface area contributed by atoms with Crippen molar-refractivity contribution in [3.63, 3.8) is 0 Å². The molecule has 0 amide bonds. The van der Waals surface area contributed by atoms with Crippen molar-refractivity contribution in [3.8, 4) is 0 Å². The molecule has 1 saturated carbocycles. The molecule has 94 valence electrons. The molecule has 0 aromatic heterocycles. The number of aliphatic hydroxyl groups is 1. The Morgan fingerprint density at radius 3 is 2.38 bits per heavy atom. The standard InChI is InChI=1S/C14H26O2/c1-3-11-4-6-12(7-5-11)14(15)13-8-9-16-10(13)2/h10-15H,3-9H2,1-2H3. The first-order valence-corrected chi connectivity index (χ1v) is 7.02. The first kappa shape index (κ1) is 12.4. The highest BCUT2D eigenvalue weighted by Crippen LogP contribution is 2.37. The lowest BCUT2D eigenvalue weighted by Crippen LogP contribution is -2.35. The van der Waals surface area contributed by atoms with Crippen LogP contribution in [0.2, 0.25) is 0 Å². The Morgan fingerprint density at radius 2 is 1.88 bits per heavy atom. The van der Waals surface area contributed by atoms with Crippen LogP contribution in [-0.2, 0) is 4.74 Å². The van der Waals surface area contributed by atoms with Crippen molar-refractivity contribution in [2.24, 2.45) is 17.8 Å². The zero-order chi connectivity index (χ0) is 11.5. The Bertz CT molecular complexity index is 209. The Labute approximate surface area is 99.4 Å². The summed E-state index contributed by atoms with van der Waals surface area (Å²) in [7, 11) is 0. The fourth-order valence-electron chi connectivity index (χ4n) is 3.48. The highest BCUT2D eigenvalue weighted by atomic mass is 16.5. The van der Waals surface area contributed by atoms with Gasteiger partial charge in [-0.05, 0) is 38.0 Å². The second-order valence-corrected chi connectivity index (χ2v) is 5.71. The lowest BCUT2D eigenvalue weighted by molar-refractivity contribution is -0.00444. The average Bonchev–Trinajstić information content (AvgIpc) is 2.75. The van der Waals surface area contributed by atoms with Gasteiger partial charge in [-0.3, -0.25) is 0 Å². The van der Waals surface area contributed by atoms with E-state index in [0.717, 1.165) is 18.9 Å². The summed E-state index contributed by atoms with van der Waals surface area (Å²) in [5.74, 6) is 1.85. The predicted molar refractivity (Wildman–Crippen MR) is 65.3 cm³/mol. The summed E-state index contributed by atoms with van der Waals surface area (Å²) in [6.45, 7) is 5.24. The van der Waals surface area contributed by atoms with Gasteiger partial charge in [0.1, 0.15) is 0 Å². The molecule has 0 aromatic rings. The number of rotatable bonds is 3. The topological polar surface area (TPSA) is 29.5 Å². The van der Waals surface area contributed by atoms with Gasteiger partial charge in [0.15, 0.2) is 0 Å². The third-order valence-corrected chi connectivity index (χ3v) is 4.83. The van der Waals surface area contributed by atoms with Gasteiger partial charge in [0.25, 0.3) is 0 Å². The van der Waals surface area contributed by atoms with Crippen molar-refractivity contribution >= 4 is 0 Å². The van der Waals surface area contributed by atoms with Gasteiger partial charge in [-0.25, -0.2) is 0 Å². The Hall–Kier alpha value is -0.0800. The van der Waals surface area contributed by atoms with Crippen molar-refractivity contribution in [2.75, 3.05) is 6.61 Å². The van der Waals surface area contributed by atoms with E-state index in [1.54, 1.807) is 0 Å². The largest absolute Gasteiger partial charge is 0.392 e. The molecule has 0 spiro atoms. The van der Waals surface area contributed by atoms with Gasteiger partial charge < -0.3 is 9.84 Å². The molecule has 1 N–H and O–H groups in total. The maximum absolute atomic E-state index is 10.4. The van der Waals surface area contributed by atoms with Gasteiger partial charge in [-0.1, -0.05) is 26.2 Å². The first-order chi connectivity index (χ1) is 7.72. The van der Waals surface area contributed by atoms with Crippen molar-refractivity contribution in [1.29, 1.82) is 0 Å². The number of hydrogen-bond donors (Lipinski definition) is 1. The smallest absolute Gasteiger partial charge is 0.0622 e. The van der Waals surface area contributed by atoms with Crippen LogP contribution in [0, 0.1) is 17.8 Å². The van der Waals surface area contributed by atoms with Crippen LogP contribution >= 0.6 is 0 Å². The minimum atomic E-state index is -0.115. The van der Waals surface area contributed by atoms with Gasteiger partial charge in [0.05, 0.1) is 12.2 Å². The van der Waals surface area contributed by atoms with Gasteiger partial charge in [-0.15, -0.1) is 0 Å². The molecule has 2 heteroatoms. The molecule has 1 heterocycles. The van der Waals surface area contributed by atoms with Crippen molar-refractivity contribution in [1.82, 2.24) is 0 Å². The fourth-order valence-corrected chi connectivity index (χ4v) is 3.48. The molecular weight excluding hydrogens is 200 g/mol. The quantitative estimate of drug-likeness (QED) is 0.801. The number of aliphatic hydroxyl groups excluding tert-OH is 1. The SMILES string of the molecule is CCC1CCC(C(O)C2CCOC2C)CC1. The Kier molecular flexibility index (Phi) is 4.26. The van der Waals surface area contributed by atoms with Crippen LogP contribution in [0.5, 0.6) is 0 Å². The summed E-state index contributed by atoms with van der Waals surface area (Å²) in [6.07, 6.45) is 7.60. The van der Waals surface area contributed by atoms with Gasteiger partial charge in [0.2, 0.25) is 0 Å². The zero-order valence-electron chi connectivity index (χ0n) is 10.7. The summed E-state index contributed by atoms with van der Waals surface area (Å²) < 4.78 is 5.56. The Morgan fingerprint density at radius 1 is 1.19 bits per heavy atom. The lowest BCUT2D eigenvalue weighted by Gasteiger charge is -2.34. The van der Waals surface area contributed by atoms with E-state index in [-0.39, 0.29) is 12.2 Å². The highest BCUT2D eigenvalue weighted by molar-refractivity contribution is 4.86. The highest BCUT2D eigenvalue weighted by Gasteiger charge is 2.36. The molecule has 0 aromatic carbocycles. The van der Waals surface area contributed by atoms with Gasteiger partial charge in [-0.2, -0.15) is 0 Å². The van der Waals surface area contributed by atoms with Gasteiger partial charge >= 0.3 is 0 Å². The van der Waals surface area contributed by atoms with Crippen LogP contribution in [0.25, 0.3) is 0 Å². The lowest BCUT2D eigenvalue weighted by atomic mass is 9.74. The van der Waals surface area contributed by atoms with E-state index in [4.69, 9.17) is 4.74 Å². The zero-order valence-corrected chi connectivity index (χ0v) is 10.7. The molecule has 1 saturated heterocycles. The third kappa shape index (κ3) is 2.60. The molecule has 1 aliphatic heterocycles. The van der Waals surface area contributed by atoms with E-state index in [1.807, 2.05) is 0 Å². The molecule has 16 heavy (non-hydrogen) atoms.